The Kier molecular flexibility index (Phi) is 5.90. The van der Waals surface area contributed by atoms with Crippen LogP contribution in [0.1, 0.15) is 5.56 Å². The number of benzene rings is 2. The van der Waals surface area contributed by atoms with E-state index in [1.807, 2.05) is 31.3 Å². The number of sulfonamides is 1. The summed E-state index contributed by atoms with van der Waals surface area (Å²) in [6, 6.07) is 12.6. The molecule has 0 unspecified atom stereocenters. The van der Waals surface area contributed by atoms with E-state index in [4.69, 9.17) is 21.4 Å². The molecular formula is C19H23N3O4S2. The van der Waals surface area contributed by atoms with Gasteiger partial charge in [0.2, 0.25) is 10.0 Å². The number of fused-ring (bicyclic) bond motifs is 1. The molecule has 0 saturated heterocycles. The molecule has 0 radical (unpaired) electrons. The molecule has 0 bridgehead atoms. The van der Waals surface area contributed by atoms with Crippen LogP contribution >= 0.6 is 12.2 Å². The third-order valence-electron chi connectivity index (χ3n) is 4.39. The average molecular weight is 422 g/mol. The second kappa shape index (κ2) is 8.04. The lowest BCUT2D eigenvalue weighted by Gasteiger charge is -2.18. The van der Waals surface area contributed by atoms with Gasteiger partial charge in [-0.3, -0.25) is 9.47 Å². The smallest absolute Gasteiger partial charge is 0.270 e. The van der Waals surface area contributed by atoms with Gasteiger partial charge in [0, 0.05) is 20.6 Å². The van der Waals surface area contributed by atoms with Gasteiger partial charge in [-0.15, -0.1) is 0 Å². The first kappa shape index (κ1) is 20.5. The number of rotatable bonds is 7. The number of nitrogens with zero attached hydrogens (tertiary/aromatic N) is 3. The van der Waals surface area contributed by atoms with Crippen molar-refractivity contribution in [3.8, 4) is 5.75 Å². The molecule has 150 valence electrons. The first-order valence-corrected chi connectivity index (χ1v) is 10.4. The first-order chi connectivity index (χ1) is 13.2. The second-order valence-electron chi connectivity index (χ2n) is 6.72. The van der Waals surface area contributed by atoms with Crippen molar-refractivity contribution >= 4 is 33.3 Å². The Morgan fingerprint density at radius 2 is 1.89 bits per heavy atom. The van der Waals surface area contributed by atoms with Crippen molar-refractivity contribution in [3.63, 3.8) is 0 Å². The first-order valence-electron chi connectivity index (χ1n) is 8.60. The van der Waals surface area contributed by atoms with E-state index in [0.717, 1.165) is 11.3 Å². The number of aromatic nitrogens is 1. The minimum absolute atomic E-state index is 0.199. The number of hydrogen-bond acceptors (Lipinski definition) is 6. The zero-order chi connectivity index (χ0) is 20.5. The van der Waals surface area contributed by atoms with E-state index in [9.17, 15) is 8.42 Å². The molecular weight excluding hydrogens is 398 g/mol. The minimum Gasteiger partial charge on any atom is -0.497 e. The van der Waals surface area contributed by atoms with Crippen LogP contribution in [0.25, 0.3) is 11.1 Å². The van der Waals surface area contributed by atoms with Crippen LogP contribution in [0.5, 0.6) is 5.75 Å². The molecule has 0 saturated carbocycles. The third kappa shape index (κ3) is 4.12. The predicted octanol–water partition coefficient (Wildman–Crippen LogP) is 3.31. The monoisotopic (exact) mass is 421 g/mol. The summed E-state index contributed by atoms with van der Waals surface area (Å²) in [5.74, 6) is 0.801. The van der Waals surface area contributed by atoms with Gasteiger partial charge in [-0.1, -0.05) is 12.1 Å². The van der Waals surface area contributed by atoms with Gasteiger partial charge in [0.15, 0.2) is 5.58 Å². The quantitative estimate of drug-likeness (QED) is 0.545. The normalized spacial score (nSPS) is 12.2. The van der Waals surface area contributed by atoms with Gasteiger partial charge < -0.3 is 9.15 Å². The molecule has 3 rings (SSSR count). The molecule has 0 aliphatic rings. The highest BCUT2D eigenvalue weighted by molar-refractivity contribution is 7.89. The summed E-state index contributed by atoms with van der Waals surface area (Å²) < 4.78 is 38.8. The fourth-order valence-corrected chi connectivity index (χ4v) is 4.09. The van der Waals surface area contributed by atoms with Crippen molar-refractivity contribution in [2.75, 3.05) is 28.3 Å². The maximum absolute atomic E-state index is 12.5. The van der Waals surface area contributed by atoms with E-state index in [1.54, 1.807) is 23.8 Å². The third-order valence-corrected chi connectivity index (χ3v) is 6.50. The van der Waals surface area contributed by atoms with Crippen molar-refractivity contribution in [2.24, 2.45) is 0 Å². The predicted molar refractivity (Wildman–Crippen MR) is 110 cm³/mol. The Bertz CT molecular complexity index is 1150. The highest BCUT2D eigenvalue weighted by Crippen LogP contribution is 2.24. The summed E-state index contributed by atoms with van der Waals surface area (Å²) in [7, 11) is 3.06. The van der Waals surface area contributed by atoms with Crippen molar-refractivity contribution in [1.29, 1.82) is 0 Å². The lowest BCUT2D eigenvalue weighted by molar-refractivity contribution is 0.257. The summed E-state index contributed by atoms with van der Waals surface area (Å²) in [5, 5.41) is 0. The van der Waals surface area contributed by atoms with Gasteiger partial charge in [-0.05, 0) is 55.2 Å². The second-order valence-corrected chi connectivity index (χ2v) is 9.22. The fraction of sp³-hybridized carbons (Fsp3) is 0.316. The van der Waals surface area contributed by atoms with E-state index in [-0.39, 0.29) is 4.90 Å². The highest BCUT2D eigenvalue weighted by atomic mass is 32.2. The van der Waals surface area contributed by atoms with E-state index >= 15 is 0 Å². The Morgan fingerprint density at radius 3 is 2.57 bits per heavy atom. The molecule has 0 fully saturated rings. The molecule has 9 heteroatoms. The molecule has 28 heavy (non-hydrogen) atoms. The van der Waals surface area contributed by atoms with Gasteiger partial charge in [-0.2, -0.15) is 0 Å². The van der Waals surface area contributed by atoms with Crippen LogP contribution in [-0.2, 0) is 23.2 Å². The summed E-state index contributed by atoms with van der Waals surface area (Å²) in [6.07, 6.45) is 0. The zero-order valence-corrected chi connectivity index (χ0v) is 17.9. The summed E-state index contributed by atoms with van der Waals surface area (Å²) in [4.78, 5) is 2.56. The lowest BCUT2D eigenvalue weighted by atomic mass is 10.2. The maximum Gasteiger partial charge on any atom is 0.270 e. The molecule has 0 aliphatic heterocycles. The summed E-state index contributed by atoms with van der Waals surface area (Å²) in [5.41, 5.74) is 2.29. The van der Waals surface area contributed by atoms with Crippen molar-refractivity contribution in [1.82, 2.24) is 13.8 Å². The molecule has 3 aromatic rings. The number of methoxy groups -OCH3 is 1. The van der Waals surface area contributed by atoms with Gasteiger partial charge in [-0.25, -0.2) is 12.7 Å². The van der Waals surface area contributed by atoms with Crippen molar-refractivity contribution in [3.05, 3.63) is 52.9 Å². The van der Waals surface area contributed by atoms with Gasteiger partial charge >= 0.3 is 0 Å². The molecule has 0 N–H and O–H groups in total. The molecule has 1 aromatic heterocycles. The van der Waals surface area contributed by atoms with E-state index in [2.05, 4.69) is 4.90 Å². The Balaban J connectivity index is 1.91. The molecule has 0 spiro atoms. The van der Waals surface area contributed by atoms with Crippen LogP contribution < -0.4 is 4.74 Å². The Hall–Kier alpha value is -2.20. The maximum atomic E-state index is 12.5. The van der Waals surface area contributed by atoms with E-state index in [0.29, 0.717) is 29.2 Å². The fourth-order valence-electron chi connectivity index (χ4n) is 2.92. The number of hydrogen-bond donors (Lipinski definition) is 0. The molecule has 0 atom stereocenters. The Morgan fingerprint density at radius 1 is 1.14 bits per heavy atom. The topological polar surface area (TPSA) is 67.9 Å². The van der Waals surface area contributed by atoms with Crippen molar-refractivity contribution < 1.29 is 17.6 Å². The van der Waals surface area contributed by atoms with Crippen LogP contribution in [-0.4, -0.2) is 50.4 Å². The number of ether oxygens (including phenoxy) is 1. The van der Waals surface area contributed by atoms with Gasteiger partial charge in [0.25, 0.3) is 4.84 Å². The van der Waals surface area contributed by atoms with Crippen molar-refractivity contribution in [2.45, 2.75) is 18.1 Å². The van der Waals surface area contributed by atoms with Crippen LogP contribution in [0.15, 0.2) is 51.8 Å². The average Bonchev–Trinajstić information content (AvgIpc) is 2.96. The van der Waals surface area contributed by atoms with Crippen LogP contribution in [0.2, 0.25) is 0 Å². The molecule has 2 aromatic carbocycles. The highest BCUT2D eigenvalue weighted by Gasteiger charge is 2.19. The van der Waals surface area contributed by atoms with Gasteiger partial charge in [0.1, 0.15) is 5.75 Å². The molecule has 7 nitrogen and oxygen atoms in total. The summed E-state index contributed by atoms with van der Waals surface area (Å²) >= 11 is 5.35. The van der Waals surface area contributed by atoms with E-state index in [1.165, 1.54) is 24.5 Å². The van der Waals surface area contributed by atoms with Crippen LogP contribution in [0.4, 0.5) is 0 Å². The SMILES string of the molecule is COc1cccc(CN(C)Cn2c(=S)oc3ccc(S(=O)(=O)N(C)C)cc32)c1. The largest absolute Gasteiger partial charge is 0.497 e. The number of oxazole rings is 1. The van der Waals surface area contributed by atoms with Crippen LogP contribution in [0, 0.1) is 4.84 Å². The Labute approximate surface area is 169 Å². The molecule has 1 heterocycles. The van der Waals surface area contributed by atoms with Crippen LogP contribution in [0.3, 0.4) is 0 Å². The minimum atomic E-state index is -3.54. The summed E-state index contributed by atoms with van der Waals surface area (Å²) in [6.45, 7) is 1.12. The lowest BCUT2D eigenvalue weighted by Crippen LogP contribution is -2.23. The zero-order valence-electron chi connectivity index (χ0n) is 16.2. The molecule has 0 aliphatic carbocycles. The standard InChI is InChI=1S/C19H23N3O4S2/c1-20(2)28(23,24)16-8-9-18-17(11-16)22(19(27)26-18)13-21(3)12-14-6-5-7-15(10-14)25-4/h5-11H,12-13H2,1-4H3. The van der Waals surface area contributed by atoms with E-state index < -0.39 is 10.0 Å². The molecule has 0 amide bonds. The van der Waals surface area contributed by atoms with Gasteiger partial charge in [0.05, 0.1) is 24.2 Å².